The lowest BCUT2D eigenvalue weighted by molar-refractivity contribution is 0.0811. The Morgan fingerprint density at radius 2 is 2.04 bits per heavy atom. The van der Waals surface area contributed by atoms with Crippen LogP contribution in [0, 0.1) is 11.7 Å². The fourth-order valence-corrected chi connectivity index (χ4v) is 3.27. The third-order valence-electron chi connectivity index (χ3n) is 4.55. The highest BCUT2D eigenvalue weighted by molar-refractivity contribution is 5.98. The molecule has 1 aliphatic rings. The average molecular weight is 327 g/mol. The van der Waals surface area contributed by atoms with E-state index in [1.54, 1.807) is 13.2 Å². The Kier molecular flexibility index (Phi) is 5.26. The van der Waals surface area contributed by atoms with Gasteiger partial charge < -0.3 is 4.74 Å². The monoisotopic (exact) mass is 327 g/mol. The van der Waals surface area contributed by atoms with E-state index in [1.807, 2.05) is 30.3 Å². The summed E-state index contributed by atoms with van der Waals surface area (Å²) in [6.45, 7) is 2.47. The van der Waals surface area contributed by atoms with Crippen molar-refractivity contribution in [1.82, 2.24) is 4.90 Å². The molecule has 0 radical (unpaired) electrons. The topological polar surface area (TPSA) is 29.5 Å². The van der Waals surface area contributed by atoms with Gasteiger partial charge in [0.15, 0.2) is 5.78 Å². The van der Waals surface area contributed by atoms with Crippen LogP contribution < -0.4 is 4.74 Å². The summed E-state index contributed by atoms with van der Waals surface area (Å²) in [4.78, 5) is 15.1. The van der Waals surface area contributed by atoms with Gasteiger partial charge in [-0.15, -0.1) is 0 Å². The van der Waals surface area contributed by atoms with Crippen LogP contribution in [0.3, 0.4) is 0 Å². The number of hydrogen-bond acceptors (Lipinski definition) is 3. The van der Waals surface area contributed by atoms with Crippen LogP contribution in [-0.2, 0) is 6.54 Å². The number of ether oxygens (including phenoxy) is 1. The van der Waals surface area contributed by atoms with Gasteiger partial charge in [-0.05, 0) is 49.2 Å². The molecule has 3 rings (SSSR count). The zero-order valence-electron chi connectivity index (χ0n) is 13.9. The van der Waals surface area contributed by atoms with Crippen molar-refractivity contribution < 1.29 is 13.9 Å². The first-order chi connectivity index (χ1) is 11.7. The van der Waals surface area contributed by atoms with Crippen LogP contribution in [0.2, 0.25) is 0 Å². The van der Waals surface area contributed by atoms with E-state index in [-0.39, 0.29) is 17.5 Å². The highest BCUT2D eigenvalue weighted by Gasteiger charge is 2.26. The number of ketones is 1. The number of carbonyl (C=O) groups excluding carboxylic acids is 1. The molecule has 2 aromatic carbocycles. The number of rotatable bonds is 5. The summed E-state index contributed by atoms with van der Waals surface area (Å²) in [5.41, 5.74) is 1.79. The van der Waals surface area contributed by atoms with Crippen molar-refractivity contribution in [2.45, 2.75) is 19.4 Å². The molecule has 126 valence electrons. The number of nitrogens with zero attached hydrogens (tertiary/aromatic N) is 1. The van der Waals surface area contributed by atoms with Crippen LogP contribution >= 0.6 is 0 Å². The summed E-state index contributed by atoms with van der Waals surface area (Å²) in [5.74, 6) is 0.673. The Bertz CT molecular complexity index is 699. The van der Waals surface area contributed by atoms with E-state index in [1.165, 1.54) is 12.1 Å². The maximum absolute atomic E-state index is 13.0. The minimum atomic E-state index is -0.219. The fraction of sp³-hybridized carbons (Fsp3) is 0.350. The molecular weight excluding hydrogens is 305 g/mol. The lowest BCUT2D eigenvalue weighted by Gasteiger charge is -2.32. The molecule has 0 bridgehead atoms. The minimum Gasteiger partial charge on any atom is -0.497 e. The van der Waals surface area contributed by atoms with Crippen LogP contribution in [0.1, 0.15) is 28.8 Å². The van der Waals surface area contributed by atoms with E-state index in [0.29, 0.717) is 11.3 Å². The standard InChI is InChI=1S/C20H22FNO2/c1-24-19-6-2-4-16(12-19)20(23)17-5-3-11-22(14-17)13-15-7-9-18(21)10-8-15/h2,4,6-10,12,17H,3,5,11,13-14H2,1H3/t17-/m1/s1. The number of hydrogen-bond donors (Lipinski definition) is 0. The van der Waals surface area contributed by atoms with Gasteiger partial charge >= 0.3 is 0 Å². The molecule has 0 aliphatic carbocycles. The molecule has 0 N–H and O–H groups in total. The zero-order valence-corrected chi connectivity index (χ0v) is 13.9. The van der Waals surface area contributed by atoms with Crippen molar-refractivity contribution >= 4 is 5.78 Å². The van der Waals surface area contributed by atoms with Crippen LogP contribution in [0.15, 0.2) is 48.5 Å². The number of piperidine rings is 1. The summed E-state index contributed by atoms with van der Waals surface area (Å²) in [7, 11) is 1.61. The Balaban J connectivity index is 1.66. The van der Waals surface area contributed by atoms with Gasteiger partial charge in [-0.25, -0.2) is 4.39 Å². The number of likely N-dealkylation sites (tertiary alicyclic amines) is 1. The summed E-state index contributed by atoms with van der Waals surface area (Å²) >= 11 is 0. The van der Waals surface area contributed by atoms with E-state index in [9.17, 15) is 9.18 Å². The largest absolute Gasteiger partial charge is 0.497 e. The van der Waals surface area contributed by atoms with E-state index in [0.717, 1.165) is 38.0 Å². The molecule has 24 heavy (non-hydrogen) atoms. The highest BCUT2D eigenvalue weighted by atomic mass is 19.1. The van der Waals surface area contributed by atoms with E-state index in [4.69, 9.17) is 4.74 Å². The summed E-state index contributed by atoms with van der Waals surface area (Å²) in [6.07, 6.45) is 1.91. The van der Waals surface area contributed by atoms with Gasteiger partial charge in [-0.1, -0.05) is 24.3 Å². The van der Waals surface area contributed by atoms with Crippen molar-refractivity contribution in [3.63, 3.8) is 0 Å². The smallest absolute Gasteiger partial charge is 0.167 e. The predicted octanol–water partition coefficient (Wildman–Crippen LogP) is 3.93. The third kappa shape index (κ3) is 4.01. The van der Waals surface area contributed by atoms with Crippen LogP contribution in [-0.4, -0.2) is 30.9 Å². The van der Waals surface area contributed by atoms with Gasteiger partial charge in [0, 0.05) is 24.6 Å². The highest BCUT2D eigenvalue weighted by Crippen LogP contribution is 2.24. The van der Waals surface area contributed by atoms with Crippen LogP contribution in [0.25, 0.3) is 0 Å². The molecule has 1 atom stereocenters. The molecule has 4 heteroatoms. The van der Waals surface area contributed by atoms with Gasteiger partial charge in [0.2, 0.25) is 0 Å². The van der Waals surface area contributed by atoms with Crippen molar-refractivity contribution in [3.8, 4) is 5.75 Å². The average Bonchev–Trinajstić information content (AvgIpc) is 2.63. The molecule has 0 amide bonds. The normalized spacial score (nSPS) is 18.3. The van der Waals surface area contributed by atoms with Gasteiger partial charge in [0.05, 0.1) is 7.11 Å². The first kappa shape index (κ1) is 16.7. The molecule has 1 aliphatic heterocycles. The Labute approximate surface area is 142 Å². The second kappa shape index (κ2) is 7.58. The molecule has 3 nitrogen and oxygen atoms in total. The predicted molar refractivity (Wildman–Crippen MR) is 91.7 cm³/mol. The maximum atomic E-state index is 13.0. The lowest BCUT2D eigenvalue weighted by Crippen LogP contribution is -2.38. The number of Topliss-reactive ketones (excluding diaryl/α,β-unsaturated/α-hetero) is 1. The quantitative estimate of drug-likeness (QED) is 0.779. The fourth-order valence-electron chi connectivity index (χ4n) is 3.27. The Hall–Kier alpha value is -2.20. The number of benzene rings is 2. The van der Waals surface area contributed by atoms with Crippen molar-refractivity contribution in [1.29, 1.82) is 0 Å². The van der Waals surface area contributed by atoms with Crippen LogP contribution in [0.5, 0.6) is 5.75 Å². The molecule has 0 saturated carbocycles. The molecule has 1 heterocycles. The first-order valence-electron chi connectivity index (χ1n) is 8.31. The Morgan fingerprint density at radius 1 is 1.25 bits per heavy atom. The van der Waals surface area contributed by atoms with Gasteiger partial charge in [0.25, 0.3) is 0 Å². The van der Waals surface area contributed by atoms with Crippen molar-refractivity contribution in [3.05, 3.63) is 65.5 Å². The summed E-state index contributed by atoms with van der Waals surface area (Å²) in [6, 6.07) is 13.9. The molecule has 2 aromatic rings. The molecule has 1 fully saturated rings. The van der Waals surface area contributed by atoms with Crippen molar-refractivity contribution in [2.24, 2.45) is 5.92 Å². The van der Waals surface area contributed by atoms with Gasteiger partial charge in [0.1, 0.15) is 11.6 Å². The van der Waals surface area contributed by atoms with Crippen molar-refractivity contribution in [2.75, 3.05) is 20.2 Å². The number of halogens is 1. The second-order valence-corrected chi connectivity index (χ2v) is 6.30. The third-order valence-corrected chi connectivity index (χ3v) is 4.55. The number of carbonyl (C=O) groups is 1. The van der Waals surface area contributed by atoms with Gasteiger partial charge in [-0.3, -0.25) is 9.69 Å². The zero-order chi connectivity index (χ0) is 16.9. The maximum Gasteiger partial charge on any atom is 0.167 e. The second-order valence-electron chi connectivity index (χ2n) is 6.30. The molecule has 1 saturated heterocycles. The molecular formula is C20H22FNO2. The summed E-state index contributed by atoms with van der Waals surface area (Å²) in [5, 5.41) is 0. The van der Waals surface area contributed by atoms with Crippen LogP contribution in [0.4, 0.5) is 4.39 Å². The molecule has 0 aromatic heterocycles. The molecule has 0 unspecified atom stereocenters. The SMILES string of the molecule is COc1cccc(C(=O)[C@@H]2CCCN(Cc3ccc(F)cc3)C2)c1. The lowest BCUT2D eigenvalue weighted by atomic mass is 9.89. The minimum absolute atomic E-state index is 0.00584. The summed E-state index contributed by atoms with van der Waals surface area (Å²) < 4.78 is 18.2. The number of methoxy groups -OCH3 is 1. The van der Waals surface area contributed by atoms with E-state index >= 15 is 0 Å². The first-order valence-corrected chi connectivity index (χ1v) is 8.31. The molecule has 0 spiro atoms. The van der Waals surface area contributed by atoms with Gasteiger partial charge in [-0.2, -0.15) is 0 Å². The van der Waals surface area contributed by atoms with E-state index < -0.39 is 0 Å². The van der Waals surface area contributed by atoms with E-state index in [2.05, 4.69) is 4.90 Å². The Morgan fingerprint density at radius 3 is 2.79 bits per heavy atom.